The fourth-order valence-electron chi connectivity index (χ4n) is 5.15. The number of imidazole rings is 1. The normalized spacial score (nSPS) is 15.8. The van der Waals surface area contributed by atoms with Crippen molar-refractivity contribution < 1.29 is 27.7 Å². The molecule has 1 N–H and O–H groups in total. The molecule has 1 fully saturated rings. The third-order valence-electron chi connectivity index (χ3n) is 7.41. The molecule has 2 aromatic heterocycles. The Bertz CT molecular complexity index is 1580. The number of aliphatic hydroxyl groups excluding tert-OH is 1. The van der Waals surface area contributed by atoms with Crippen molar-refractivity contribution in [2.45, 2.75) is 24.0 Å². The van der Waals surface area contributed by atoms with E-state index in [4.69, 9.17) is 14.2 Å². The van der Waals surface area contributed by atoms with Crippen molar-refractivity contribution in [2.75, 3.05) is 66.4 Å². The topological polar surface area (TPSA) is 150 Å². The average Bonchev–Trinajstić information content (AvgIpc) is 3.35. The molecule has 1 atom stereocenters. The van der Waals surface area contributed by atoms with Crippen LogP contribution in [-0.2, 0) is 30.5 Å². The molecule has 1 unspecified atom stereocenters. The van der Waals surface area contributed by atoms with Crippen molar-refractivity contribution >= 4 is 21.0 Å². The second kappa shape index (κ2) is 12.6. The number of benzene rings is 1. The molecule has 226 valence electrons. The van der Waals surface area contributed by atoms with Crippen molar-refractivity contribution in [2.24, 2.45) is 14.1 Å². The maximum Gasteiger partial charge on any atom is 0.332 e. The number of aliphatic hydroxyl groups is 1. The highest BCUT2D eigenvalue weighted by Gasteiger charge is 2.24. The molecule has 41 heavy (non-hydrogen) atoms. The van der Waals surface area contributed by atoms with Gasteiger partial charge in [0, 0.05) is 59.0 Å². The molecule has 1 saturated heterocycles. The Hall–Kier alpha value is -3.40. The van der Waals surface area contributed by atoms with Crippen LogP contribution in [0.15, 0.2) is 32.9 Å². The largest absolute Gasteiger partial charge is 0.493 e. The van der Waals surface area contributed by atoms with Crippen molar-refractivity contribution in [1.82, 2.24) is 28.5 Å². The molecule has 0 spiro atoms. The van der Waals surface area contributed by atoms with Gasteiger partial charge < -0.3 is 28.8 Å². The maximum absolute atomic E-state index is 13.0. The van der Waals surface area contributed by atoms with Crippen LogP contribution in [0.4, 0.5) is 0 Å². The minimum absolute atomic E-state index is 0.0325. The highest BCUT2D eigenvalue weighted by Crippen LogP contribution is 2.39. The summed E-state index contributed by atoms with van der Waals surface area (Å²) in [6.45, 7) is 3.55. The maximum atomic E-state index is 13.0. The van der Waals surface area contributed by atoms with Gasteiger partial charge in [-0.3, -0.25) is 18.8 Å². The van der Waals surface area contributed by atoms with E-state index in [-0.39, 0.29) is 28.7 Å². The fourth-order valence-corrected chi connectivity index (χ4v) is 6.47. The number of ether oxygens (including phenoxy) is 3. The highest BCUT2D eigenvalue weighted by atomic mass is 32.2. The third kappa shape index (κ3) is 6.42. The molecular weight excluding hydrogens is 556 g/mol. The molecule has 15 heteroatoms. The van der Waals surface area contributed by atoms with Crippen LogP contribution in [-0.4, -0.2) is 114 Å². The van der Waals surface area contributed by atoms with Gasteiger partial charge in [-0.25, -0.2) is 18.2 Å². The number of β-amino-alcohol motifs (C(OH)–C–C–N with tert-alkyl or cyclic N) is 1. The summed E-state index contributed by atoms with van der Waals surface area (Å²) >= 11 is 0. The Morgan fingerprint density at radius 3 is 2.15 bits per heavy atom. The Labute approximate surface area is 238 Å². The van der Waals surface area contributed by atoms with E-state index < -0.39 is 27.2 Å². The minimum Gasteiger partial charge on any atom is -0.493 e. The molecule has 0 bridgehead atoms. The second-order valence-corrected chi connectivity index (χ2v) is 12.2. The summed E-state index contributed by atoms with van der Waals surface area (Å²) in [6.07, 6.45) is 1.01. The number of fused-ring (bicyclic) bond motifs is 1. The lowest BCUT2D eigenvalue weighted by Gasteiger charge is -2.35. The average molecular weight is 595 g/mol. The van der Waals surface area contributed by atoms with E-state index in [1.807, 2.05) is 0 Å². The predicted octanol–water partition coefficient (Wildman–Crippen LogP) is -0.698. The zero-order valence-corrected chi connectivity index (χ0v) is 24.9. The number of hydrogen-bond donors (Lipinski definition) is 1. The molecule has 0 aliphatic carbocycles. The van der Waals surface area contributed by atoms with Gasteiger partial charge in [-0.05, 0) is 13.0 Å². The van der Waals surface area contributed by atoms with E-state index in [0.717, 1.165) is 4.57 Å². The number of nitrogens with zero attached hydrogens (tertiary/aromatic N) is 6. The Balaban J connectivity index is 1.28. The first-order chi connectivity index (χ1) is 19.5. The standard InChI is InChI=1S/C26H38N6O8S/c1-28-17-27-24-22(28)25(34)32(26(35)29(24)2)16-18(33)15-31-10-8-30(9-11-31)7-6-12-41(36,37)19-13-20(38-3)23(40-5)21(14-19)39-4/h13-14,17-18,33H,6-12,15-16H2,1-5H3. The number of hydrogen-bond acceptors (Lipinski definition) is 11. The van der Waals surface area contributed by atoms with Gasteiger partial charge in [-0.15, -0.1) is 0 Å². The van der Waals surface area contributed by atoms with Crippen molar-refractivity contribution in [1.29, 1.82) is 0 Å². The van der Waals surface area contributed by atoms with Crippen LogP contribution in [0.3, 0.4) is 0 Å². The van der Waals surface area contributed by atoms with Gasteiger partial charge in [0.05, 0.1) is 51.0 Å². The van der Waals surface area contributed by atoms with Gasteiger partial charge in [0.2, 0.25) is 5.75 Å². The Morgan fingerprint density at radius 2 is 1.56 bits per heavy atom. The van der Waals surface area contributed by atoms with Crippen LogP contribution in [0.1, 0.15) is 6.42 Å². The summed E-state index contributed by atoms with van der Waals surface area (Å²) in [5.74, 6) is 0.869. The SMILES string of the molecule is COc1cc(S(=O)(=O)CCCN2CCN(CC(O)Cn3c(=O)c4c(ncn4C)n(C)c3=O)CC2)cc(OC)c1OC. The number of aromatic nitrogens is 4. The lowest BCUT2D eigenvalue weighted by Crippen LogP contribution is -2.50. The van der Waals surface area contributed by atoms with Crippen molar-refractivity contribution in [3.63, 3.8) is 0 Å². The van der Waals surface area contributed by atoms with E-state index >= 15 is 0 Å². The molecule has 1 aromatic carbocycles. The first-order valence-corrected chi connectivity index (χ1v) is 14.9. The van der Waals surface area contributed by atoms with Crippen LogP contribution in [0.2, 0.25) is 0 Å². The summed E-state index contributed by atoms with van der Waals surface area (Å²) in [7, 11) is 4.00. The molecule has 14 nitrogen and oxygen atoms in total. The molecule has 0 saturated carbocycles. The Kier molecular flexibility index (Phi) is 9.41. The second-order valence-electron chi connectivity index (χ2n) is 10.1. The smallest absolute Gasteiger partial charge is 0.332 e. The van der Waals surface area contributed by atoms with E-state index in [1.54, 1.807) is 18.7 Å². The van der Waals surface area contributed by atoms with E-state index in [0.29, 0.717) is 62.6 Å². The molecule has 0 amide bonds. The van der Waals surface area contributed by atoms with Crippen LogP contribution >= 0.6 is 0 Å². The number of piperazine rings is 1. The number of sulfone groups is 1. The summed E-state index contributed by atoms with van der Waals surface area (Å²) in [5, 5.41) is 10.7. The quantitative estimate of drug-likeness (QED) is 0.284. The lowest BCUT2D eigenvalue weighted by atomic mass is 10.2. The van der Waals surface area contributed by atoms with E-state index in [2.05, 4.69) is 14.8 Å². The van der Waals surface area contributed by atoms with Gasteiger partial charge in [0.1, 0.15) is 0 Å². The minimum atomic E-state index is -3.58. The zero-order chi connectivity index (χ0) is 29.9. The highest BCUT2D eigenvalue weighted by molar-refractivity contribution is 7.91. The molecular formula is C26H38N6O8S. The van der Waals surface area contributed by atoms with Gasteiger partial charge in [-0.2, -0.15) is 0 Å². The summed E-state index contributed by atoms with van der Waals surface area (Å²) in [6, 6.07) is 2.89. The predicted molar refractivity (Wildman–Crippen MR) is 152 cm³/mol. The fraction of sp³-hybridized carbons (Fsp3) is 0.577. The van der Waals surface area contributed by atoms with Crippen molar-refractivity contribution in [3.05, 3.63) is 39.3 Å². The molecule has 4 rings (SSSR count). The molecule has 1 aliphatic heterocycles. The molecule has 1 aliphatic rings. The van der Waals surface area contributed by atoms with Crippen LogP contribution < -0.4 is 25.5 Å². The van der Waals surface area contributed by atoms with Crippen LogP contribution in [0, 0.1) is 0 Å². The molecule has 3 heterocycles. The van der Waals surface area contributed by atoms with Crippen molar-refractivity contribution in [3.8, 4) is 17.2 Å². The van der Waals surface area contributed by atoms with Gasteiger partial charge in [0.25, 0.3) is 5.56 Å². The monoisotopic (exact) mass is 594 g/mol. The van der Waals surface area contributed by atoms with Gasteiger partial charge in [0.15, 0.2) is 32.5 Å². The first kappa shape index (κ1) is 30.6. The van der Waals surface area contributed by atoms with Crippen LogP contribution in [0.5, 0.6) is 17.2 Å². The molecule has 3 aromatic rings. The van der Waals surface area contributed by atoms with E-state index in [9.17, 15) is 23.1 Å². The lowest BCUT2D eigenvalue weighted by molar-refractivity contribution is 0.0632. The van der Waals surface area contributed by atoms with Gasteiger partial charge >= 0.3 is 5.69 Å². The van der Waals surface area contributed by atoms with Crippen LogP contribution in [0.25, 0.3) is 11.2 Å². The zero-order valence-electron chi connectivity index (χ0n) is 24.1. The summed E-state index contributed by atoms with van der Waals surface area (Å²) < 4.78 is 45.8. The number of methoxy groups -OCH3 is 3. The third-order valence-corrected chi connectivity index (χ3v) is 9.19. The van der Waals surface area contributed by atoms with Gasteiger partial charge in [-0.1, -0.05) is 0 Å². The molecule has 0 radical (unpaired) electrons. The summed E-state index contributed by atoms with van der Waals surface area (Å²) in [5.41, 5.74) is -0.388. The Morgan fingerprint density at radius 1 is 0.951 bits per heavy atom. The number of aryl methyl sites for hydroxylation is 2. The first-order valence-electron chi connectivity index (χ1n) is 13.3. The summed E-state index contributed by atoms with van der Waals surface area (Å²) in [4.78, 5) is 34.1. The number of rotatable bonds is 12. The van der Waals surface area contributed by atoms with E-state index in [1.165, 1.54) is 44.4 Å².